The Hall–Kier alpha value is -1.81. The molecule has 19 heavy (non-hydrogen) atoms. The van der Waals surface area contributed by atoms with Crippen LogP contribution in [0.4, 0.5) is 5.82 Å². The average Bonchev–Trinajstić information content (AvgIpc) is 2.46. The van der Waals surface area contributed by atoms with Crippen molar-refractivity contribution >= 4 is 17.4 Å². The van der Waals surface area contributed by atoms with E-state index in [1.807, 2.05) is 6.07 Å². The Kier molecular flexibility index (Phi) is 4.98. The lowest BCUT2D eigenvalue weighted by Gasteiger charge is -2.08. The van der Waals surface area contributed by atoms with Gasteiger partial charge in [-0.05, 0) is 18.4 Å². The van der Waals surface area contributed by atoms with Gasteiger partial charge >= 0.3 is 6.01 Å². The maximum atomic E-state index is 6.01. The van der Waals surface area contributed by atoms with E-state index in [1.54, 1.807) is 0 Å². The van der Waals surface area contributed by atoms with E-state index in [0.29, 0.717) is 16.9 Å². The molecule has 100 valence electrons. The average molecular weight is 278 g/mol. The van der Waals surface area contributed by atoms with E-state index >= 15 is 0 Å². The van der Waals surface area contributed by atoms with Gasteiger partial charge in [-0.25, -0.2) is 4.98 Å². The molecule has 0 bridgehead atoms. The van der Waals surface area contributed by atoms with Crippen LogP contribution in [0.15, 0.2) is 36.5 Å². The molecule has 4 nitrogen and oxygen atoms in total. The molecular weight excluding hydrogens is 262 g/mol. The van der Waals surface area contributed by atoms with E-state index in [1.165, 1.54) is 18.9 Å². The summed E-state index contributed by atoms with van der Waals surface area (Å²) < 4.78 is 4.96. The molecule has 0 aliphatic heterocycles. The van der Waals surface area contributed by atoms with Gasteiger partial charge in [-0.1, -0.05) is 41.9 Å². The van der Waals surface area contributed by atoms with Gasteiger partial charge in [0.05, 0.1) is 13.3 Å². The summed E-state index contributed by atoms with van der Waals surface area (Å²) in [5, 5.41) is 3.70. The molecule has 2 rings (SSSR count). The summed E-state index contributed by atoms with van der Waals surface area (Å²) >= 11 is 6.01. The topological polar surface area (TPSA) is 47.0 Å². The first-order chi connectivity index (χ1) is 9.29. The Morgan fingerprint density at radius 3 is 2.79 bits per heavy atom. The van der Waals surface area contributed by atoms with Gasteiger partial charge in [0.25, 0.3) is 0 Å². The van der Waals surface area contributed by atoms with E-state index < -0.39 is 0 Å². The minimum atomic E-state index is 0.315. The second kappa shape index (κ2) is 6.95. The predicted octanol–water partition coefficient (Wildman–Crippen LogP) is 3.18. The fourth-order valence-electron chi connectivity index (χ4n) is 1.72. The lowest BCUT2D eigenvalue weighted by Crippen LogP contribution is -2.06. The predicted molar refractivity (Wildman–Crippen MR) is 76.8 cm³/mol. The normalized spacial score (nSPS) is 10.2. The van der Waals surface area contributed by atoms with E-state index in [9.17, 15) is 0 Å². The van der Waals surface area contributed by atoms with E-state index in [0.717, 1.165) is 19.4 Å². The molecule has 0 saturated heterocycles. The molecular formula is C14H16ClN3O. The largest absolute Gasteiger partial charge is 0.467 e. The second-order valence-electron chi connectivity index (χ2n) is 4.07. The molecule has 0 radical (unpaired) electrons. The smallest absolute Gasteiger partial charge is 0.318 e. The van der Waals surface area contributed by atoms with Crippen molar-refractivity contribution in [3.8, 4) is 6.01 Å². The van der Waals surface area contributed by atoms with Crippen molar-refractivity contribution in [1.82, 2.24) is 9.97 Å². The summed E-state index contributed by atoms with van der Waals surface area (Å²) in [5.41, 5.74) is 1.33. The number of benzene rings is 1. The molecule has 1 heterocycles. The summed E-state index contributed by atoms with van der Waals surface area (Å²) in [5.74, 6) is 0.613. The molecule has 0 aliphatic carbocycles. The van der Waals surface area contributed by atoms with Crippen LogP contribution < -0.4 is 10.1 Å². The maximum absolute atomic E-state index is 6.01. The lowest BCUT2D eigenvalue weighted by molar-refractivity contribution is 0.380. The van der Waals surface area contributed by atoms with Crippen molar-refractivity contribution < 1.29 is 4.74 Å². The first kappa shape index (κ1) is 13.6. The van der Waals surface area contributed by atoms with Crippen molar-refractivity contribution in [2.45, 2.75) is 12.8 Å². The number of methoxy groups -OCH3 is 1. The van der Waals surface area contributed by atoms with Crippen LogP contribution in [0.5, 0.6) is 6.01 Å². The molecule has 5 heteroatoms. The molecule has 0 aliphatic rings. The van der Waals surface area contributed by atoms with Gasteiger partial charge in [-0.2, -0.15) is 4.98 Å². The van der Waals surface area contributed by atoms with Gasteiger partial charge in [-0.15, -0.1) is 0 Å². The monoisotopic (exact) mass is 277 g/mol. The van der Waals surface area contributed by atoms with E-state index in [4.69, 9.17) is 16.3 Å². The highest BCUT2D eigenvalue weighted by atomic mass is 35.5. The third-order valence-electron chi connectivity index (χ3n) is 2.68. The van der Waals surface area contributed by atoms with Crippen molar-refractivity contribution in [3.05, 3.63) is 47.1 Å². The molecule has 0 amide bonds. The van der Waals surface area contributed by atoms with E-state index in [-0.39, 0.29) is 0 Å². The SMILES string of the molecule is COc1ncc(Cl)c(NCCCc2ccccc2)n1. The Bertz CT molecular complexity index is 519. The molecule has 1 aromatic heterocycles. The van der Waals surface area contributed by atoms with Crippen LogP contribution in [0, 0.1) is 0 Å². The highest BCUT2D eigenvalue weighted by molar-refractivity contribution is 6.32. The van der Waals surface area contributed by atoms with Crippen LogP contribution >= 0.6 is 11.6 Å². The zero-order valence-corrected chi connectivity index (χ0v) is 11.5. The number of rotatable bonds is 6. The summed E-state index contributed by atoms with van der Waals surface area (Å²) in [6.07, 6.45) is 3.56. The maximum Gasteiger partial charge on any atom is 0.318 e. The number of anilines is 1. The first-order valence-electron chi connectivity index (χ1n) is 6.14. The summed E-state index contributed by atoms with van der Waals surface area (Å²) in [6.45, 7) is 0.800. The summed E-state index contributed by atoms with van der Waals surface area (Å²) in [7, 11) is 1.53. The van der Waals surface area contributed by atoms with Crippen LogP contribution in [0.2, 0.25) is 5.02 Å². The minimum absolute atomic E-state index is 0.315. The van der Waals surface area contributed by atoms with Crippen LogP contribution in [-0.4, -0.2) is 23.6 Å². The first-order valence-corrected chi connectivity index (χ1v) is 6.51. The Morgan fingerprint density at radius 2 is 2.05 bits per heavy atom. The number of nitrogens with one attached hydrogen (secondary N) is 1. The third-order valence-corrected chi connectivity index (χ3v) is 2.96. The van der Waals surface area contributed by atoms with Gasteiger partial charge in [0, 0.05) is 6.54 Å². The Balaban J connectivity index is 1.82. The second-order valence-corrected chi connectivity index (χ2v) is 4.48. The minimum Gasteiger partial charge on any atom is -0.467 e. The van der Waals surface area contributed by atoms with E-state index in [2.05, 4.69) is 39.6 Å². The third kappa shape index (κ3) is 4.10. The van der Waals surface area contributed by atoms with Gasteiger partial charge in [0.2, 0.25) is 0 Å². The van der Waals surface area contributed by atoms with Crippen molar-refractivity contribution in [1.29, 1.82) is 0 Å². The molecule has 1 N–H and O–H groups in total. The van der Waals surface area contributed by atoms with Crippen molar-refractivity contribution in [2.24, 2.45) is 0 Å². The Morgan fingerprint density at radius 1 is 1.26 bits per heavy atom. The molecule has 0 unspecified atom stereocenters. The van der Waals surface area contributed by atoms with Crippen molar-refractivity contribution in [3.63, 3.8) is 0 Å². The number of halogens is 1. The fraction of sp³-hybridized carbons (Fsp3) is 0.286. The zero-order chi connectivity index (χ0) is 13.5. The van der Waals surface area contributed by atoms with Crippen LogP contribution in [0.3, 0.4) is 0 Å². The number of aryl methyl sites for hydroxylation is 1. The summed E-state index contributed by atoms with van der Waals surface area (Å²) in [6, 6.07) is 10.7. The number of hydrogen-bond acceptors (Lipinski definition) is 4. The van der Waals surface area contributed by atoms with Crippen molar-refractivity contribution in [2.75, 3.05) is 19.0 Å². The quantitative estimate of drug-likeness (QED) is 0.824. The lowest BCUT2D eigenvalue weighted by atomic mass is 10.1. The molecule has 1 aromatic carbocycles. The molecule has 2 aromatic rings. The molecule has 0 saturated carbocycles. The number of hydrogen-bond donors (Lipinski definition) is 1. The van der Waals surface area contributed by atoms with Crippen LogP contribution in [0.25, 0.3) is 0 Å². The fourth-order valence-corrected chi connectivity index (χ4v) is 1.88. The zero-order valence-electron chi connectivity index (χ0n) is 10.8. The number of ether oxygens (including phenoxy) is 1. The molecule has 0 atom stereocenters. The van der Waals surface area contributed by atoms with Crippen LogP contribution in [-0.2, 0) is 6.42 Å². The number of aromatic nitrogens is 2. The van der Waals surface area contributed by atoms with Crippen LogP contribution in [0.1, 0.15) is 12.0 Å². The highest BCUT2D eigenvalue weighted by Crippen LogP contribution is 2.20. The van der Waals surface area contributed by atoms with Gasteiger partial charge in [0.15, 0.2) is 5.82 Å². The molecule has 0 fully saturated rings. The molecule has 0 spiro atoms. The van der Waals surface area contributed by atoms with Gasteiger partial charge in [-0.3, -0.25) is 0 Å². The number of nitrogens with zero attached hydrogens (tertiary/aromatic N) is 2. The summed E-state index contributed by atoms with van der Waals surface area (Å²) in [4.78, 5) is 8.09. The highest BCUT2D eigenvalue weighted by Gasteiger charge is 2.04. The Labute approximate surface area is 117 Å². The van der Waals surface area contributed by atoms with Gasteiger partial charge < -0.3 is 10.1 Å². The standard InChI is InChI=1S/C14H16ClN3O/c1-19-14-17-10-12(15)13(18-14)16-9-5-8-11-6-3-2-4-7-11/h2-4,6-7,10H,5,8-9H2,1H3,(H,16,17,18). The van der Waals surface area contributed by atoms with Gasteiger partial charge in [0.1, 0.15) is 5.02 Å².